The maximum absolute atomic E-state index is 12.5. The second-order valence-corrected chi connectivity index (χ2v) is 6.03. The first-order chi connectivity index (χ1) is 10.5. The molecule has 4 heteroatoms. The Morgan fingerprint density at radius 3 is 2.73 bits per heavy atom. The van der Waals surface area contributed by atoms with Gasteiger partial charge in [0.05, 0.1) is 17.8 Å². The van der Waals surface area contributed by atoms with E-state index in [1.54, 1.807) is 0 Å². The van der Waals surface area contributed by atoms with E-state index in [2.05, 4.69) is 41.2 Å². The highest BCUT2D eigenvalue weighted by molar-refractivity contribution is 6.02. The van der Waals surface area contributed by atoms with Gasteiger partial charge < -0.3 is 0 Å². The van der Waals surface area contributed by atoms with Crippen molar-refractivity contribution >= 4 is 12.0 Å². The number of hydrogen-bond donors (Lipinski definition) is 0. The molecule has 0 bridgehead atoms. The number of allylic oxidation sites excluding steroid dienone is 6. The third-order valence-corrected chi connectivity index (χ3v) is 3.95. The van der Waals surface area contributed by atoms with Gasteiger partial charge >= 0.3 is 0 Å². The van der Waals surface area contributed by atoms with Crippen LogP contribution in [0.4, 0.5) is 0 Å². The molecule has 2 aliphatic rings. The van der Waals surface area contributed by atoms with Crippen LogP contribution in [0.3, 0.4) is 0 Å². The van der Waals surface area contributed by atoms with Gasteiger partial charge in [0.1, 0.15) is 5.70 Å². The molecule has 1 atom stereocenters. The number of hydrogen-bond acceptors (Lipinski definition) is 4. The van der Waals surface area contributed by atoms with Gasteiger partial charge in [0.15, 0.2) is 5.78 Å². The van der Waals surface area contributed by atoms with Crippen molar-refractivity contribution in [2.24, 2.45) is 16.8 Å². The fraction of sp³-hybridized carbons (Fsp3) is 0.333. The molecule has 0 N–H and O–H groups in total. The summed E-state index contributed by atoms with van der Waals surface area (Å²) in [6, 6.07) is 3.71. The minimum absolute atomic E-state index is 0.00190. The third-order valence-electron chi connectivity index (χ3n) is 3.95. The molecule has 0 aromatic carbocycles. The Bertz CT molecular complexity index is 721. The molecule has 0 amide bonds. The molecule has 3 rings (SSSR count). The smallest absolute Gasteiger partial charge is 0.187 e. The van der Waals surface area contributed by atoms with Gasteiger partial charge in [-0.1, -0.05) is 32.1 Å². The van der Waals surface area contributed by atoms with E-state index in [1.807, 2.05) is 31.3 Å². The molecule has 0 radical (unpaired) electrons. The predicted molar refractivity (Wildman–Crippen MR) is 86.5 cm³/mol. The Hall–Kier alpha value is -2.36. The number of aromatic nitrogens is 2. The molecule has 1 aliphatic carbocycles. The molecular formula is C18H19N3O. The number of ketones is 1. The molecule has 0 fully saturated rings. The average molecular weight is 293 g/mol. The number of Topliss-reactive ketones (excluding diaryl/α,β-unsaturated/α-hetero) is 1. The summed E-state index contributed by atoms with van der Waals surface area (Å²) in [5.41, 5.74) is 4.37. The maximum Gasteiger partial charge on any atom is 0.187 e. The van der Waals surface area contributed by atoms with Crippen molar-refractivity contribution < 1.29 is 4.79 Å². The van der Waals surface area contributed by atoms with Crippen molar-refractivity contribution in [3.63, 3.8) is 0 Å². The summed E-state index contributed by atoms with van der Waals surface area (Å²) in [6.07, 6.45) is 8.40. The Morgan fingerprint density at radius 2 is 2.05 bits per heavy atom. The summed E-state index contributed by atoms with van der Waals surface area (Å²) in [5.74, 6) is 0.609. The Labute approximate surface area is 130 Å². The summed E-state index contributed by atoms with van der Waals surface area (Å²) in [4.78, 5) is 16.8. The molecule has 112 valence electrons. The standard InChI is InChI=1S/C18H19N3O/c1-11(2)13-5-7-16-14(8-13)10-19-18(16)17(22)9-15-6-4-12(3)20-21-15/h4-8,10-11,14H,9H2,1-3H3. The highest BCUT2D eigenvalue weighted by Crippen LogP contribution is 2.32. The van der Waals surface area contributed by atoms with Gasteiger partial charge in [-0.05, 0) is 36.1 Å². The summed E-state index contributed by atoms with van der Waals surface area (Å²) < 4.78 is 0. The number of carbonyl (C=O) groups is 1. The minimum Gasteiger partial charge on any atom is -0.292 e. The van der Waals surface area contributed by atoms with Crippen molar-refractivity contribution in [3.8, 4) is 0 Å². The monoisotopic (exact) mass is 293 g/mol. The SMILES string of the molecule is Cc1ccc(CC(=O)C2=C3C=CC(C(C)C)=CC3C=N2)nn1. The second-order valence-electron chi connectivity index (χ2n) is 6.03. The fourth-order valence-corrected chi connectivity index (χ4v) is 2.63. The van der Waals surface area contributed by atoms with E-state index in [9.17, 15) is 4.79 Å². The minimum atomic E-state index is -0.00190. The van der Waals surface area contributed by atoms with E-state index in [4.69, 9.17) is 0 Å². The van der Waals surface area contributed by atoms with Gasteiger partial charge in [-0.25, -0.2) is 0 Å². The number of nitrogens with zero attached hydrogens (tertiary/aromatic N) is 3. The van der Waals surface area contributed by atoms with E-state index in [-0.39, 0.29) is 18.1 Å². The lowest BCUT2D eigenvalue weighted by atomic mass is 9.87. The van der Waals surface area contributed by atoms with Crippen molar-refractivity contribution in [1.82, 2.24) is 10.2 Å². The molecule has 1 unspecified atom stereocenters. The molecule has 4 nitrogen and oxygen atoms in total. The van der Waals surface area contributed by atoms with Gasteiger partial charge in [0.25, 0.3) is 0 Å². The molecule has 0 saturated heterocycles. The van der Waals surface area contributed by atoms with Gasteiger partial charge in [0, 0.05) is 12.1 Å². The van der Waals surface area contributed by atoms with Gasteiger partial charge in [0.2, 0.25) is 0 Å². The van der Waals surface area contributed by atoms with Crippen molar-refractivity contribution in [2.45, 2.75) is 27.2 Å². The quantitative estimate of drug-likeness (QED) is 0.857. The lowest BCUT2D eigenvalue weighted by molar-refractivity contribution is -0.115. The number of rotatable bonds is 4. The van der Waals surface area contributed by atoms with Gasteiger partial charge in [-0.15, -0.1) is 0 Å². The molecular weight excluding hydrogens is 274 g/mol. The van der Waals surface area contributed by atoms with Crippen LogP contribution in [0.1, 0.15) is 25.2 Å². The fourth-order valence-electron chi connectivity index (χ4n) is 2.63. The van der Waals surface area contributed by atoms with Crippen LogP contribution in [0.15, 0.2) is 52.2 Å². The second kappa shape index (κ2) is 5.79. The molecule has 0 saturated carbocycles. The van der Waals surface area contributed by atoms with E-state index in [1.165, 1.54) is 5.57 Å². The van der Waals surface area contributed by atoms with Crippen LogP contribution in [-0.4, -0.2) is 22.2 Å². The van der Waals surface area contributed by atoms with Crippen molar-refractivity contribution in [1.29, 1.82) is 0 Å². The highest BCUT2D eigenvalue weighted by Gasteiger charge is 2.26. The summed E-state index contributed by atoms with van der Waals surface area (Å²) >= 11 is 0. The van der Waals surface area contributed by atoms with Crippen LogP contribution in [-0.2, 0) is 11.2 Å². The Morgan fingerprint density at radius 1 is 1.23 bits per heavy atom. The lowest BCUT2D eigenvalue weighted by Gasteiger charge is -2.16. The van der Waals surface area contributed by atoms with Crippen LogP contribution in [0.5, 0.6) is 0 Å². The molecule has 1 aliphatic heterocycles. The first kappa shape index (κ1) is 14.6. The van der Waals surface area contributed by atoms with Crippen LogP contribution in [0, 0.1) is 18.8 Å². The van der Waals surface area contributed by atoms with Gasteiger partial charge in [-0.3, -0.25) is 9.79 Å². The summed E-state index contributed by atoms with van der Waals surface area (Å²) in [6.45, 7) is 6.21. The highest BCUT2D eigenvalue weighted by atomic mass is 16.1. The third kappa shape index (κ3) is 2.82. The number of aliphatic imine (C=N–C) groups is 1. The Balaban J connectivity index is 1.80. The van der Waals surface area contributed by atoms with E-state index < -0.39 is 0 Å². The summed E-state index contributed by atoms with van der Waals surface area (Å²) in [7, 11) is 0. The van der Waals surface area contributed by atoms with E-state index in [0.717, 1.165) is 11.3 Å². The maximum atomic E-state index is 12.5. The number of carbonyl (C=O) groups excluding carboxylic acids is 1. The van der Waals surface area contributed by atoms with Crippen LogP contribution in [0.25, 0.3) is 0 Å². The predicted octanol–water partition coefficient (Wildman–Crippen LogP) is 3.00. The van der Waals surface area contributed by atoms with Crippen molar-refractivity contribution in [3.05, 3.63) is 58.6 Å². The largest absolute Gasteiger partial charge is 0.292 e. The number of fused-ring (bicyclic) bond motifs is 1. The van der Waals surface area contributed by atoms with E-state index in [0.29, 0.717) is 17.3 Å². The zero-order chi connectivity index (χ0) is 15.7. The molecule has 0 spiro atoms. The van der Waals surface area contributed by atoms with Crippen LogP contribution in [0.2, 0.25) is 0 Å². The molecule has 22 heavy (non-hydrogen) atoms. The number of aryl methyl sites for hydroxylation is 1. The van der Waals surface area contributed by atoms with E-state index >= 15 is 0 Å². The zero-order valence-corrected chi connectivity index (χ0v) is 13.1. The van der Waals surface area contributed by atoms with Crippen LogP contribution >= 0.6 is 0 Å². The van der Waals surface area contributed by atoms with Crippen molar-refractivity contribution in [2.75, 3.05) is 0 Å². The molecule has 1 aromatic rings. The molecule has 1 aromatic heterocycles. The average Bonchev–Trinajstić information content (AvgIpc) is 2.92. The molecule has 2 heterocycles. The lowest BCUT2D eigenvalue weighted by Crippen LogP contribution is -2.11. The Kier molecular flexibility index (Phi) is 3.84. The van der Waals surface area contributed by atoms with Gasteiger partial charge in [-0.2, -0.15) is 10.2 Å². The first-order valence-corrected chi connectivity index (χ1v) is 7.55. The summed E-state index contributed by atoms with van der Waals surface area (Å²) in [5, 5.41) is 8.04. The van der Waals surface area contributed by atoms with Crippen LogP contribution < -0.4 is 0 Å². The topological polar surface area (TPSA) is 55.2 Å². The zero-order valence-electron chi connectivity index (χ0n) is 13.1. The first-order valence-electron chi connectivity index (χ1n) is 7.55. The normalized spacial score (nSPS) is 19.6.